The lowest BCUT2D eigenvalue weighted by molar-refractivity contribution is 0.131. The smallest absolute Gasteiger partial charge is 0.119 e. The van der Waals surface area contributed by atoms with E-state index in [1.165, 1.54) is 11.1 Å². The molecule has 4 nitrogen and oxygen atoms in total. The van der Waals surface area contributed by atoms with Crippen molar-refractivity contribution in [2.75, 3.05) is 26.7 Å². The highest BCUT2D eigenvalue weighted by Crippen LogP contribution is 2.35. The Bertz CT molecular complexity index is 993. The molecule has 0 aromatic heterocycles. The fourth-order valence-electron chi connectivity index (χ4n) is 3.89. The van der Waals surface area contributed by atoms with Crippen LogP contribution in [0, 0.1) is 0 Å². The second-order valence-corrected chi connectivity index (χ2v) is 8.10. The van der Waals surface area contributed by atoms with Crippen molar-refractivity contribution >= 4 is 11.1 Å². The van der Waals surface area contributed by atoms with Gasteiger partial charge in [-0.1, -0.05) is 61.5 Å². The van der Waals surface area contributed by atoms with Crippen LogP contribution in [-0.2, 0) is 0 Å². The third kappa shape index (κ3) is 6.46. The number of hydrogen-bond acceptors (Lipinski definition) is 4. The summed E-state index contributed by atoms with van der Waals surface area (Å²) in [5, 5.41) is 19.3. The van der Waals surface area contributed by atoms with Gasteiger partial charge in [0.05, 0.1) is 6.10 Å². The van der Waals surface area contributed by atoms with Crippen molar-refractivity contribution < 1.29 is 14.9 Å². The van der Waals surface area contributed by atoms with Gasteiger partial charge in [0.15, 0.2) is 0 Å². The van der Waals surface area contributed by atoms with Gasteiger partial charge in [0.1, 0.15) is 18.1 Å². The minimum Gasteiger partial charge on any atom is -0.508 e. The number of ether oxygens (including phenoxy) is 1. The van der Waals surface area contributed by atoms with Crippen molar-refractivity contribution in [3.8, 4) is 11.5 Å². The molecule has 3 rings (SSSR count). The molecule has 0 radical (unpaired) electrons. The minimum absolute atomic E-state index is 0.259. The molecule has 3 aromatic carbocycles. The highest BCUT2D eigenvalue weighted by molar-refractivity contribution is 5.98. The highest BCUT2D eigenvalue weighted by Gasteiger charge is 2.13. The average molecular weight is 432 g/mol. The van der Waals surface area contributed by atoms with Crippen molar-refractivity contribution in [1.82, 2.24) is 4.90 Å². The van der Waals surface area contributed by atoms with E-state index in [2.05, 4.69) is 48.2 Å². The van der Waals surface area contributed by atoms with Crippen molar-refractivity contribution in [3.05, 3.63) is 95.6 Å². The number of aliphatic hydroxyl groups is 1. The largest absolute Gasteiger partial charge is 0.508 e. The van der Waals surface area contributed by atoms with E-state index < -0.39 is 0 Å². The number of aliphatic hydroxyl groups excluding tert-OH is 1. The standard InChI is InChI=1S/C28H33NO3/c1-4-27(22-8-6-5-7-9-22)28(23-10-14-25(31)15-11-23)24-12-16-26(17-13-24)32-19-18-29(3)20-21(2)30/h5-17,21,30-31H,4,18-20H2,1-3H3/b28-27-. The second-order valence-electron chi connectivity index (χ2n) is 8.10. The third-order valence-corrected chi connectivity index (χ3v) is 5.39. The van der Waals surface area contributed by atoms with E-state index in [-0.39, 0.29) is 11.9 Å². The number of aromatic hydroxyl groups is 1. The molecule has 0 aliphatic carbocycles. The lowest BCUT2D eigenvalue weighted by atomic mass is 9.88. The Morgan fingerprint density at radius 1 is 0.875 bits per heavy atom. The fraction of sp³-hybridized carbons (Fsp3) is 0.286. The van der Waals surface area contributed by atoms with Gasteiger partial charge in [0, 0.05) is 13.1 Å². The predicted molar refractivity (Wildman–Crippen MR) is 132 cm³/mol. The van der Waals surface area contributed by atoms with E-state index in [9.17, 15) is 10.2 Å². The number of phenolic OH excluding ortho intramolecular Hbond substituents is 1. The molecule has 2 N–H and O–H groups in total. The molecule has 0 heterocycles. The van der Waals surface area contributed by atoms with Gasteiger partial charge in [-0.2, -0.15) is 0 Å². The molecular formula is C28H33NO3. The topological polar surface area (TPSA) is 52.9 Å². The van der Waals surface area contributed by atoms with Gasteiger partial charge in [-0.15, -0.1) is 0 Å². The summed E-state index contributed by atoms with van der Waals surface area (Å²) in [6.45, 7) is 5.90. The van der Waals surface area contributed by atoms with Gasteiger partial charge >= 0.3 is 0 Å². The van der Waals surface area contributed by atoms with Gasteiger partial charge in [0.25, 0.3) is 0 Å². The molecule has 0 fully saturated rings. The van der Waals surface area contributed by atoms with Crippen LogP contribution < -0.4 is 4.74 Å². The Hall–Kier alpha value is -3.08. The first kappa shape index (κ1) is 23.6. The van der Waals surface area contributed by atoms with E-state index in [0.29, 0.717) is 13.2 Å². The van der Waals surface area contributed by atoms with E-state index >= 15 is 0 Å². The molecule has 1 unspecified atom stereocenters. The molecule has 168 valence electrons. The molecule has 1 atom stereocenters. The van der Waals surface area contributed by atoms with E-state index in [1.54, 1.807) is 19.1 Å². The van der Waals surface area contributed by atoms with Crippen molar-refractivity contribution in [3.63, 3.8) is 0 Å². The Morgan fingerprint density at radius 3 is 2.03 bits per heavy atom. The fourth-order valence-corrected chi connectivity index (χ4v) is 3.89. The summed E-state index contributed by atoms with van der Waals surface area (Å²) in [5.74, 6) is 1.08. The molecule has 0 spiro atoms. The predicted octanol–water partition coefficient (Wildman–Crippen LogP) is 5.45. The first-order chi connectivity index (χ1) is 15.5. The summed E-state index contributed by atoms with van der Waals surface area (Å²) < 4.78 is 5.91. The maximum atomic E-state index is 9.78. The lowest BCUT2D eigenvalue weighted by Crippen LogP contribution is -2.30. The lowest BCUT2D eigenvalue weighted by Gasteiger charge is -2.19. The molecule has 3 aromatic rings. The molecule has 0 saturated carbocycles. The summed E-state index contributed by atoms with van der Waals surface area (Å²) in [6.07, 6.45) is 0.537. The van der Waals surface area contributed by atoms with Gasteiger partial charge in [-0.05, 0) is 72.5 Å². The van der Waals surface area contributed by atoms with Crippen LogP contribution in [0.5, 0.6) is 11.5 Å². The van der Waals surface area contributed by atoms with Crippen molar-refractivity contribution in [2.24, 2.45) is 0 Å². The van der Waals surface area contributed by atoms with Crippen LogP contribution in [0.1, 0.15) is 37.0 Å². The number of hydrogen-bond donors (Lipinski definition) is 2. The normalized spacial score (nSPS) is 13.0. The van der Waals surface area contributed by atoms with E-state index in [1.807, 2.05) is 37.4 Å². The minimum atomic E-state index is -0.346. The summed E-state index contributed by atoms with van der Waals surface area (Å²) in [4.78, 5) is 2.05. The van der Waals surface area contributed by atoms with Crippen molar-refractivity contribution in [2.45, 2.75) is 26.4 Å². The van der Waals surface area contributed by atoms with Crippen LogP contribution in [0.15, 0.2) is 78.9 Å². The molecular weight excluding hydrogens is 398 g/mol. The number of benzene rings is 3. The average Bonchev–Trinajstić information content (AvgIpc) is 2.79. The van der Waals surface area contributed by atoms with Crippen LogP contribution in [0.2, 0.25) is 0 Å². The number of allylic oxidation sites excluding steroid dienone is 1. The molecule has 0 aliphatic heterocycles. The van der Waals surface area contributed by atoms with Crippen molar-refractivity contribution in [1.29, 1.82) is 0 Å². The monoisotopic (exact) mass is 431 g/mol. The first-order valence-electron chi connectivity index (χ1n) is 11.2. The Labute approximate surface area is 191 Å². The van der Waals surface area contributed by atoms with Crippen LogP contribution >= 0.6 is 0 Å². The zero-order valence-electron chi connectivity index (χ0n) is 19.2. The summed E-state index contributed by atoms with van der Waals surface area (Å²) in [6, 6.07) is 26.0. The Morgan fingerprint density at radius 2 is 1.47 bits per heavy atom. The molecule has 0 amide bonds. The SMILES string of the molecule is CC/C(=C(\c1ccc(O)cc1)c1ccc(OCCN(C)CC(C)O)cc1)c1ccccc1. The molecule has 32 heavy (non-hydrogen) atoms. The molecule has 0 saturated heterocycles. The maximum Gasteiger partial charge on any atom is 0.119 e. The zero-order valence-corrected chi connectivity index (χ0v) is 19.2. The number of nitrogens with zero attached hydrogens (tertiary/aromatic N) is 1. The molecule has 0 bridgehead atoms. The van der Waals surface area contributed by atoms with Crippen LogP contribution in [0.3, 0.4) is 0 Å². The third-order valence-electron chi connectivity index (χ3n) is 5.39. The molecule has 4 heteroatoms. The number of rotatable bonds is 10. The number of likely N-dealkylation sites (N-methyl/N-ethyl adjacent to an activating group) is 1. The van der Waals surface area contributed by atoms with Gasteiger partial charge in [-0.3, -0.25) is 0 Å². The second kappa shape index (κ2) is 11.5. The summed E-state index contributed by atoms with van der Waals surface area (Å²) in [7, 11) is 1.98. The van der Waals surface area contributed by atoms with Crippen LogP contribution in [0.4, 0.5) is 0 Å². The van der Waals surface area contributed by atoms with Gasteiger partial charge < -0.3 is 19.8 Å². The zero-order chi connectivity index (χ0) is 22.9. The van der Waals surface area contributed by atoms with Gasteiger partial charge in [-0.25, -0.2) is 0 Å². The Kier molecular flexibility index (Phi) is 8.48. The molecule has 0 aliphatic rings. The highest BCUT2D eigenvalue weighted by atomic mass is 16.5. The quantitative estimate of drug-likeness (QED) is 0.419. The van der Waals surface area contributed by atoms with Crippen LogP contribution in [0.25, 0.3) is 11.1 Å². The van der Waals surface area contributed by atoms with E-state index in [0.717, 1.165) is 35.4 Å². The van der Waals surface area contributed by atoms with Gasteiger partial charge in [0.2, 0.25) is 0 Å². The Balaban J connectivity index is 1.87. The summed E-state index contributed by atoms with van der Waals surface area (Å²) >= 11 is 0. The summed E-state index contributed by atoms with van der Waals surface area (Å²) in [5.41, 5.74) is 5.78. The first-order valence-corrected chi connectivity index (χ1v) is 11.2. The number of phenols is 1. The van der Waals surface area contributed by atoms with E-state index in [4.69, 9.17) is 4.74 Å². The van der Waals surface area contributed by atoms with Crippen LogP contribution in [-0.4, -0.2) is 48.0 Å². The maximum absolute atomic E-state index is 9.78.